The summed E-state index contributed by atoms with van der Waals surface area (Å²) >= 11 is 0. The van der Waals surface area contributed by atoms with Crippen molar-refractivity contribution in [3.8, 4) is 0 Å². The number of nitrogens with one attached hydrogen (secondary N) is 1. The molecule has 3 heteroatoms. The number of carbonyl (C=O) groups excluding carboxylic acids is 2. The first-order valence-electron chi connectivity index (χ1n) is 7.00. The molecule has 1 N–H and O–H groups in total. The zero-order chi connectivity index (χ0) is 13.9. The van der Waals surface area contributed by atoms with Crippen molar-refractivity contribution in [3.05, 3.63) is 29.8 Å². The quantitative estimate of drug-likeness (QED) is 0.836. The molecule has 1 aromatic rings. The lowest BCUT2D eigenvalue weighted by atomic mass is 9.82. The van der Waals surface area contributed by atoms with Crippen LogP contribution in [0.4, 0.5) is 5.69 Å². The van der Waals surface area contributed by atoms with Gasteiger partial charge in [-0.15, -0.1) is 0 Å². The summed E-state index contributed by atoms with van der Waals surface area (Å²) in [5.41, 5.74) is 1.15. The van der Waals surface area contributed by atoms with Crippen molar-refractivity contribution in [2.24, 2.45) is 5.41 Å². The Morgan fingerprint density at radius 3 is 2.53 bits per heavy atom. The third-order valence-electron chi connectivity index (χ3n) is 4.25. The zero-order valence-corrected chi connectivity index (χ0v) is 11.7. The normalized spacial score (nSPS) is 17.2. The molecule has 0 radical (unpaired) electrons. The number of amides is 1. The highest BCUT2D eigenvalue weighted by Crippen LogP contribution is 2.41. The van der Waals surface area contributed by atoms with E-state index in [-0.39, 0.29) is 17.1 Å². The van der Waals surface area contributed by atoms with Crippen molar-refractivity contribution in [1.29, 1.82) is 0 Å². The monoisotopic (exact) mass is 259 g/mol. The van der Waals surface area contributed by atoms with Crippen LogP contribution in [0.3, 0.4) is 0 Å². The largest absolute Gasteiger partial charge is 0.326 e. The van der Waals surface area contributed by atoms with Crippen LogP contribution in [0.25, 0.3) is 0 Å². The van der Waals surface area contributed by atoms with Gasteiger partial charge in [0.25, 0.3) is 0 Å². The van der Waals surface area contributed by atoms with Gasteiger partial charge in [0.05, 0.1) is 0 Å². The van der Waals surface area contributed by atoms with Crippen LogP contribution < -0.4 is 5.32 Å². The number of anilines is 1. The van der Waals surface area contributed by atoms with E-state index in [0.29, 0.717) is 5.56 Å². The summed E-state index contributed by atoms with van der Waals surface area (Å²) in [5.74, 6) is 0.121. The maximum Gasteiger partial charge on any atom is 0.230 e. The van der Waals surface area contributed by atoms with Crippen molar-refractivity contribution in [2.75, 3.05) is 5.32 Å². The fraction of sp³-hybridized carbons (Fsp3) is 0.500. The second-order valence-electron chi connectivity index (χ2n) is 5.43. The van der Waals surface area contributed by atoms with Crippen LogP contribution in [0.15, 0.2) is 24.3 Å². The number of hydrogen-bond acceptors (Lipinski definition) is 2. The summed E-state index contributed by atoms with van der Waals surface area (Å²) in [6.45, 7) is 3.61. The molecule has 0 unspecified atom stereocenters. The summed E-state index contributed by atoms with van der Waals surface area (Å²) < 4.78 is 0. The molecule has 1 aliphatic rings. The molecule has 1 saturated carbocycles. The molecule has 0 heterocycles. The Hall–Kier alpha value is -1.64. The molecule has 2 rings (SSSR count). The minimum atomic E-state index is -0.202. The van der Waals surface area contributed by atoms with Crippen LogP contribution >= 0.6 is 0 Å². The van der Waals surface area contributed by atoms with Crippen LogP contribution in [0.1, 0.15) is 56.3 Å². The molecule has 0 saturated heterocycles. The Morgan fingerprint density at radius 1 is 1.26 bits per heavy atom. The summed E-state index contributed by atoms with van der Waals surface area (Å²) in [4.78, 5) is 23.8. The fourth-order valence-electron chi connectivity index (χ4n) is 2.87. The molecule has 1 fully saturated rings. The molecule has 0 aromatic heterocycles. The fourth-order valence-corrected chi connectivity index (χ4v) is 2.87. The summed E-state index contributed by atoms with van der Waals surface area (Å²) in [5, 5.41) is 2.98. The molecule has 1 amide bonds. The molecule has 1 aromatic carbocycles. The topological polar surface area (TPSA) is 46.2 Å². The van der Waals surface area contributed by atoms with Gasteiger partial charge in [-0.25, -0.2) is 0 Å². The minimum Gasteiger partial charge on any atom is -0.326 e. The third-order valence-corrected chi connectivity index (χ3v) is 4.25. The standard InChI is InChI=1S/C16H21NO2/c1-3-16(9-4-5-10-16)15(19)17-14-8-6-7-13(11-14)12(2)18/h6-8,11H,3-5,9-10H2,1-2H3,(H,17,19). The highest BCUT2D eigenvalue weighted by molar-refractivity contribution is 5.98. The van der Waals surface area contributed by atoms with E-state index in [2.05, 4.69) is 12.2 Å². The van der Waals surface area contributed by atoms with Crippen LogP contribution in [0.2, 0.25) is 0 Å². The number of benzene rings is 1. The van der Waals surface area contributed by atoms with Crippen LogP contribution in [0, 0.1) is 5.41 Å². The van der Waals surface area contributed by atoms with Crippen LogP contribution in [-0.2, 0) is 4.79 Å². The molecule has 102 valence electrons. The first kappa shape index (κ1) is 13.8. The zero-order valence-electron chi connectivity index (χ0n) is 11.7. The minimum absolute atomic E-state index is 0.0159. The Kier molecular flexibility index (Phi) is 4.03. The molecule has 0 atom stereocenters. The Labute approximate surface area is 114 Å². The predicted molar refractivity (Wildman–Crippen MR) is 76.3 cm³/mol. The van der Waals surface area contributed by atoms with E-state index in [4.69, 9.17) is 0 Å². The molecule has 3 nitrogen and oxygen atoms in total. The van der Waals surface area contributed by atoms with Crippen LogP contribution in [-0.4, -0.2) is 11.7 Å². The van der Waals surface area contributed by atoms with Crippen molar-refractivity contribution in [2.45, 2.75) is 46.0 Å². The number of carbonyl (C=O) groups is 2. The van der Waals surface area contributed by atoms with Gasteiger partial charge in [-0.1, -0.05) is 31.9 Å². The smallest absolute Gasteiger partial charge is 0.230 e. The van der Waals surface area contributed by atoms with Gasteiger partial charge in [0, 0.05) is 16.7 Å². The number of rotatable bonds is 4. The van der Waals surface area contributed by atoms with E-state index in [1.807, 2.05) is 6.07 Å². The van der Waals surface area contributed by atoms with Crippen molar-refractivity contribution in [1.82, 2.24) is 0 Å². The van der Waals surface area contributed by atoms with Gasteiger partial charge in [-0.2, -0.15) is 0 Å². The van der Waals surface area contributed by atoms with Crippen LogP contribution in [0.5, 0.6) is 0 Å². The van der Waals surface area contributed by atoms with E-state index in [0.717, 1.165) is 37.8 Å². The summed E-state index contributed by atoms with van der Waals surface area (Å²) in [6, 6.07) is 7.16. The summed E-state index contributed by atoms with van der Waals surface area (Å²) in [6.07, 6.45) is 5.10. The van der Waals surface area contributed by atoms with Gasteiger partial charge in [0.1, 0.15) is 0 Å². The lowest BCUT2D eigenvalue weighted by Gasteiger charge is -2.26. The van der Waals surface area contributed by atoms with Gasteiger partial charge < -0.3 is 5.32 Å². The van der Waals surface area contributed by atoms with Gasteiger partial charge in [-0.3, -0.25) is 9.59 Å². The Bertz CT molecular complexity index is 487. The molecule has 0 bridgehead atoms. The van der Waals surface area contributed by atoms with Gasteiger partial charge in [0.2, 0.25) is 5.91 Å². The maximum atomic E-state index is 12.5. The molecular formula is C16H21NO2. The van der Waals surface area contributed by atoms with E-state index in [1.165, 1.54) is 6.92 Å². The molecule has 0 aliphatic heterocycles. The highest BCUT2D eigenvalue weighted by atomic mass is 16.2. The predicted octanol–water partition coefficient (Wildman–Crippen LogP) is 3.80. The molecular weight excluding hydrogens is 238 g/mol. The maximum absolute atomic E-state index is 12.5. The number of hydrogen-bond donors (Lipinski definition) is 1. The van der Waals surface area contributed by atoms with E-state index >= 15 is 0 Å². The van der Waals surface area contributed by atoms with Crippen molar-refractivity contribution in [3.63, 3.8) is 0 Å². The third kappa shape index (κ3) is 2.86. The molecule has 0 spiro atoms. The second-order valence-corrected chi connectivity index (χ2v) is 5.43. The summed E-state index contributed by atoms with van der Waals surface area (Å²) in [7, 11) is 0. The van der Waals surface area contributed by atoms with E-state index in [1.54, 1.807) is 18.2 Å². The van der Waals surface area contributed by atoms with Gasteiger partial charge in [0.15, 0.2) is 5.78 Å². The lowest BCUT2D eigenvalue weighted by molar-refractivity contribution is -0.125. The van der Waals surface area contributed by atoms with Gasteiger partial charge in [-0.05, 0) is 38.3 Å². The average molecular weight is 259 g/mol. The van der Waals surface area contributed by atoms with E-state index < -0.39 is 0 Å². The Balaban J connectivity index is 2.14. The number of Topliss-reactive ketones (excluding diaryl/α,β-unsaturated/α-hetero) is 1. The van der Waals surface area contributed by atoms with Crippen molar-refractivity contribution < 1.29 is 9.59 Å². The SMILES string of the molecule is CCC1(C(=O)Nc2cccc(C(C)=O)c2)CCCC1. The molecule has 1 aliphatic carbocycles. The average Bonchev–Trinajstić information content (AvgIpc) is 2.89. The number of ketones is 1. The van der Waals surface area contributed by atoms with Gasteiger partial charge >= 0.3 is 0 Å². The van der Waals surface area contributed by atoms with E-state index in [9.17, 15) is 9.59 Å². The van der Waals surface area contributed by atoms with Crippen molar-refractivity contribution >= 4 is 17.4 Å². The molecule has 19 heavy (non-hydrogen) atoms. The Morgan fingerprint density at radius 2 is 1.95 bits per heavy atom. The first-order valence-corrected chi connectivity index (χ1v) is 7.00. The highest BCUT2D eigenvalue weighted by Gasteiger charge is 2.39. The first-order chi connectivity index (χ1) is 9.07. The second kappa shape index (κ2) is 5.55. The lowest BCUT2D eigenvalue weighted by Crippen LogP contribution is -2.33.